The number of rotatable bonds is 6. The second-order valence-electron chi connectivity index (χ2n) is 10.7. The Hall–Kier alpha value is -3.91. The molecule has 0 unspecified atom stereocenters. The Kier molecular flexibility index (Phi) is 6.30. The average Bonchev–Trinajstić information content (AvgIpc) is 3.52. The Balaban J connectivity index is 1.55. The highest BCUT2D eigenvalue weighted by atomic mass is 16.6. The number of fused-ring (bicyclic) bond motifs is 6. The molecule has 1 spiro atoms. The van der Waals surface area contributed by atoms with Gasteiger partial charge < -0.3 is 34.3 Å². The lowest BCUT2D eigenvalue weighted by atomic mass is 9.65. The highest BCUT2D eigenvalue weighted by Gasteiger charge is 2.48. The van der Waals surface area contributed by atoms with Crippen molar-refractivity contribution in [2.45, 2.75) is 56.5 Å². The molecule has 8 nitrogen and oxygen atoms in total. The lowest BCUT2D eigenvalue weighted by molar-refractivity contribution is -0.141. The first-order valence-electron chi connectivity index (χ1n) is 13.3. The molecule has 0 radical (unpaired) electrons. The van der Waals surface area contributed by atoms with Gasteiger partial charge in [-0.15, -0.1) is 0 Å². The molecule has 2 aliphatic carbocycles. The van der Waals surface area contributed by atoms with Crippen LogP contribution in [0.5, 0.6) is 28.7 Å². The van der Waals surface area contributed by atoms with Crippen LogP contribution in [0.15, 0.2) is 42.5 Å². The van der Waals surface area contributed by atoms with Gasteiger partial charge in [-0.3, -0.25) is 4.79 Å². The number of esters is 1. The molecule has 2 atom stereocenters. The molecule has 0 saturated heterocycles. The number of methoxy groups -OCH3 is 1. The van der Waals surface area contributed by atoms with Crippen LogP contribution < -0.4 is 14.2 Å². The van der Waals surface area contributed by atoms with Crippen molar-refractivity contribution < 1.29 is 39.1 Å². The molecule has 3 aromatic carbocycles. The quantitative estimate of drug-likeness (QED) is 0.291. The highest BCUT2D eigenvalue weighted by molar-refractivity contribution is 5.84. The standard InChI is InChI=1S/C31H32O8/c1-17(33)37-15-23-21-6-7-22-27-19(11-20(34)13-26(27)38-16-32)14-31(9-3-4-10-31)28(22)30(21)39-29(23)18-5-8-24(35)25(12-18)36-2/h5-8,11-13,23,29,32,34-35H,3-4,9-10,14-16H2,1-2H3/t23-,29-/m1/s1. The number of benzene rings is 3. The largest absolute Gasteiger partial charge is 0.508 e. The van der Waals surface area contributed by atoms with E-state index >= 15 is 0 Å². The maximum absolute atomic E-state index is 11.8. The van der Waals surface area contributed by atoms with Gasteiger partial charge in [0, 0.05) is 35.1 Å². The molecular weight excluding hydrogens is 500 g/mol. The van der Waals surface area contributed by atoms with E-state index in [1.165, 1.54) is 20.1 Å². The summed E-state index contributed by atoms with van der Waals surface area (Å²) in [6.07, 6.45) is 4.40. The number of hydrogen-bond donors (Lipinski definition) is 3. The summed E-state index contributed by atoms with van der Waals surface area (Å²) in [4.78, 5) is 11.8. The third kappa shape index (κ3) is 4.14. The highest BCUT2D eigenvalue weighted by Crippen LogP contribution is 2.61. The van der Waals surface area contributed by atoms with Crippen molar-refractivity contribution in [3.63, 3.8) is 0 Å². The van der Waals surface area contributed by atoms with Gasteiger partial charge in [-0.2, -0.15) is 0 Å². The summed E-state index contributed by atoms with van der Waals surface area (Å²) < 4.78 is 23.3. The van der Waals surface area contributed by atoms with Gasteiger partial charge in [-0.05, 0) is 54.2 Å². The Morgan fingerprint density at radius 1 is 1.08 bits per heavy atom. The number of phenols is 2. The van der Waals surface area contributed by atoms with Gasteiger partial charge in [0.2, 0.25) is 0 Å². The SMILES string of the molecule is COc1cc([C@H]2Oc3c(ccc4c3C3(CCCC3)Cc3cc(O)cc(OCO)c3-4)[C@H]2COC(C)=O)ccc1O. The number of hydrogen-bond acceptors (Lipinski definition) is 8. The van der Waals surface area contributed by atoms with Gasteiger partial charge in [-0.25, -0.2) is 0 Å². The topological polar surface area (TPSA) is 115 Å². The first-order valence-corrected chi connectivity index (χ1v) is 13.3. The fraction of sp³-hybridized carbons (Fsp3) is 0.387. The fourth-order valence-corrected chi connectivity index (χ4v) is 6.90. The number of carbonyl (C=O) groups excluding carboxylic acids is 1. The molecule has 0 bridgehead atoms. The number of aromatic hydroxyl groups is 2. The molecule has 1 saturated carbocycles. The van der Waals surface area contributed by atoms with Crippen molar-refractivity contribution >= 4 is 5.97 Å². The van der Waals surface area contributed by atoms with E-state index in [9.17, 15) is 20.1 Å². The van der Waals surface area contributed by atoms with E-state index in [1.54, 1.807) is 24.3 Å². The number of aliphatic hydroxyl groups excluding tert-OH is 1. The van der Waals surface area contributed by atoms with Gasteiger partial charge in [0.15, 0.2) is 18.3 Å². The molecule has 8 heteroatoms. The van der Waals surface area contributed by atoms with Crippen molar-refractivity contribution in [1.29, 1.82) is 0 Å². The minimum Gasteiger partial charge on any atom is -0.508 e. The van der Waals surface area contributed by atoms with Crippen molar-refractivity contribution in [3.05, 3.63) is 64.7 Å². The molecule has 6 rings (SSSR count). The first kappa shape index (κ1) is 25.4. The molecule has 3 aromatic rings. The normalized spacial score (nSPS) is 20.1. The summed E-state index contributed by atoms with van der Waals surface area (Å²) in [7, 11) is 1.50. The monoisotopic (exact) mass is 532 g/mol. The first-order chi connectivity index (χ1) is 18.8. The maximum Gasteiger partial charge on any atom is 0.302 e. The Labute approximate surface area is 226 Å². The van der Waals surface area contributed by atoms with E-state index in [1.807, 2.05) is 6.07 Å². The number of phenolic OH excluding ortho intramolecular Hbond substituents is 2. The van der Waals surface area contributed by atoms with Crippen LogP contribution in [0.2, 0.25) is 0 Å². The van der Waals surface area contributed by atoms with Gasteiger partial charge in [0.05, 0.1) is 13.0 Å². The molecule has 204 valence electrons. The smallest absolute Gasteiger partial charge is 0.302 e. The minimum atomic E-state index is -0.507. The summed E-state index contributed by atoms with van der Waals surface area (Å²) in [5.41, 5.74) is 5.51. The molecule has 0 amide bonds. The lowest BCUT2D eigenvalue weighted by Crippen LogP contribution is -2.30. The molecule has 0 aromatic heterocycles. The van der Waals surface area contributed by atoms with E-state index < -0.39 is 12.9 Å². The third-order valence-electron chi connectivity index (χ3n) is 8.47. The average molecular weight is 533 g/mol. The summed E-state index contributed by atoms with van der Waals surface area (Å²) in [6, 6.07) is 12.6. The van der Waals surface area contributed by atoms with Crippen molar-refractivity contribution in [2.75, 3.05) is 20.5 Å². The van der Waals surface area contributed by atoms with Gasteiger partial charge in [0.25, 0.3) is 0 Å². The van der Waals surface area contributed by atoms with Crippen LogP contribution in [0.25, 0.3) is 11.1 Å². The summed E-state index contributed by atoms with van der Waals surface area (Å²) >= 11 is 0. The maximum atomic E-state index is 11.8. The molecule has 3 N–H and O–H groups in total. The van der Waals surface area contributed by atoms with Crippen LogP contribution in [0.1, 0.15) is 66.9 Å². The lowest BCUT2D eigenvalue weighted by Gasteiger charge is -2.39. The summed E-state index contributed by atoms with van der Waals surface area (Å²) in [5, 5.41) is 30.2. The van der Waals surface area contributed by atoms with Crippen LogP contribution in [0.4, 0.5) is 0 Å². The van der Waals surface area contributed by atoms with Gasteiger partial charge in [0.1, 0.15) is 30.0 Å². The zero-order valence-electron chi connectivity index (χ0n) is 22.0. The minimum absolute atomic E-state index is 0.0341. The van der Waals surface area contributed by atoms with E-state index in [0.29, 0.717) is 11.5 Å². The predicted octanol–water partition coefficient (Wildman–Crippen LogP) is 5.25. The van der Waals surface area contributed by atoms with Crippen LogP contribution >= 0.6 is 0 Å². The zero-order valence-corrected chi connectivity index (χ0v) is 22.0. The van der Waals surface area contributed by atoms with Gasteiger partial charge in [-0.1, -0.05) is 31.0 Å². The molecule has 39 heavy (non-hydrogen) atoms. The fourth-order valence-electron chi connectivity index (χ4n) is 6.90. The van der Waals surface area contributed by atoms with E-state index in [2.05, 4.69) is 6.07 Å². The summed E-state index contributed by atoms with van der Waals surface area (Å²) in [6.45, 7) is 1.03. The Bertz CT molecular complexity index is 1440. The second kappa shape index (κ2) is 9.68. The van der Waals surface area contributed by atoms with Crippen LogP contribution in [-0.2, 0) is 21.4 Å². The van der Waals surface area contributed by atoms with E-state index in [0.717, 1.165) is 71.2 Å². The Morgan fingerprint density at radius 3 is 2.59 bits per heavy atom. The summed E-state index contributed by atoms with van der Waals surface area (Å²) in [5.74, 6) is 1.06. The molecule has 3 aliphatic rings. The molecular formula is C31H32O8. The second-order valence-corrected chi connectivity index (χ2v) is 10.7. The van der Waals surface area contributed by atoms with Crippen molar-refractivity contribution in [1.82, 2.24) is 0 Å². The van der Waals surface area contributed by atoms with Crippen molar-refractivity contribution in [2.24, 2.45) is 0 Å². The van der Waals surface area contributed by atoms with Crippen LogP contribution in [0.3, 0.4) is 0 Å². The van der Waals surface area contributed by atoms with Gasteiger partial charge >= 0.3 is 5.97 Å². The number of ether oxygens (including phenoxy) is 4. The molecule has 1 heterocycles. The number of carbonyl (C=O) groups is 1. The zero-order chi connectivity index (χ0) is 27.3. The third-order valence-corrected chi connectivity index (χ3v) is 8.47. The van der Waals surface area contributed by atoms with E-state index in [4.69, 9.17) is 18.9 Å². The van der Waals surface area contributed by atoms with E-state index in [-0.39, 0.29) is 35.4 Å². The predicted molar refractivity (Wildman–Crippen MR) is 143 cm³/mol. The van der Waals surface area contributed by atoms with Crippen LogP contribution in [-0.4, -0.2) is 41.8 Å². The Morgan fingerprint density at radius 2 is 1.87 bits per heavy atom. The number of aliphatic hydroxyl groups is 1. The van der Waals surface area contributed by atoms with Crippen LogP contribution in [0, 0.1) is 0 Å². The van der Waals surface area contributed by atoms with Crippen molar-refractivity contribution in [3.8, 4) is 39.9 Å². The molecule has 1 aliphatic heterocycles. The molecule has 1 fully saturated rings.